The Morgan fingerprint density at radius 2 is 2.17 bits per heavy atom. The van der Waals surface area contributed by atoms with Crippen molar-refractivity contribution in [1.29, 1.82) is 0 Å². The molecule has 0 spiro atoms. The van der Waals surface area contributed by atoms with Crippen LogP contribution < -0.4 is 0 Å². The third-order valence-electron chi connectivity index (χ3n) is 1.37. The Hall–Kier alpha value is -1.44. The summed E-state index contributed by atoms with van der Waals surface area (Å²) in [5, 5.41) is 0. The fourth-order valence-corrected chi connectivity index (χ4v) is 0.805. The van der Waals surface area contributed by atoms with Crippen molar-refractivity contribution in [1.82, 2.24) is 0 Å². The average Bonchev–Trinajstić information content (AvgIpc) is 2.09. The highest BCUT2D eigenvalue weighted by molar-refractivity contribution is 5.79. The monoisotopic (exact) mass is 163 g/mol. The second-order valence-corrected chi connectivity index (χ2v) is 2.30. The van der Waals surface area contributed by atoms with Crippen molar-refractivity contribution in [2.45, 2.75) is 0 Å². The lowest BCUT2D eigenvalue weighted by Gasteiger charge is -1.92. The lowest BCUT2D eigenvalue weighted by molar-refractivity contribution is 0.626. The van der Waals surface area contributed by atoms with Gasteiger partial charge in [0.2, 0.25) is 0 Å². The van der Waals surface area contributed by atoms with Gasteiger partial charge in [-0.25, -0.2) is 4.39 Å². The first-order valence-corrected chi connectivity index (χ1v) is 3.70. The van der Waals surface area contributed by atoms with Crippen LogP contribution in [0.4, 0.5) is 4.39 Å². The predicted octanol–water partition coefficient (Wildman–Crippen LogP) is 2.43. The van der Waals surface area contributed by atoms with Crippen molar-refractivity contribution in [2.24, 2.45) is 4.99 Å². The first-order valence-electron chi connectivity index (χ1n) is 3.70. The van der Waals surface area contributed by atoms with Gasteiger partial charge in [0.05, 0.1) is 6.54 Å². The van der Waals surface area contributed by atoms with Crippen LogP contribution in [0.15, 0.2) is 41.9 Å². The van der Waals surface area contributed by atoms with E-state index in [2.05, 4.69) is 11.6 Å². The van der Waals surface area contributed by atoms with Crippen molar-refractivity contribution < 1.29 is 4.39 Å². The number of benzene rings is 1. The molecule has 0 heterocycles. The Labute approximate surface area is 71.3 Å². The summed E-state index contributed by atoms with van der Waals surface area (Å²) in [5.41, 5.74) is 0.513. The normalized spacial score (nSPS) is 10.4. The molecular weight excluding hydrogens is 153 g/mol. The fourth-order valence-electron chi connectivity index (χ4n) is 0.805. The minimum Gasteiger partial charge on any atom is -0.288 e. The smallest absolute Gasteiger partial charge is 0.131 e. The predicted molar refractivity (Wildman–Crippen MR) is 49.1 cm³/mol. The molecule has 0 aliphatic carbocycles. The zero-order chi connectivity index (χ0) is 8.81. The molecule has 0 N–H and O–H groups in total. The second-order valence-electron chi connectivity index (χ2n) is 2.30. The Balaban J connectivity index is 2.74. The number of hydrogen-bond acceptors (Lipinski definition) is 1. The first-order chi connectivity index (χ1) is 5.84. The molecule has 1 aromatic rings. The molecule has 1 aromatic carbocycles. The van der Waals surface area contributed by atoms with Crippen LogP contribution in [-0.2, 0) is 0 Å². The van der Waals surface area contributed by atoms with E-state index in [4.69, 9.17) is 0 Å². The lowest BCUT2D eigenvalue weighted by Crippen LogP contribution is -1.87. The second kappa shape index (κ2) is 4.44. The van der Waals surface area contributed by atoms with Crippen molar-refractivity contribution in [3.05, 3.63) is 48.3 Å². The Morgan fingerprint density at radius 1 is 1.42 bits per heavy atom. The van der Waals surface area contributed by atoms with E-state index in [1.54, 1.807) is 24.3 Å². The molecule has 0 atom stereocenters. The van der Waals surface area contributed by atoms with E-state index < -0.39 is 0 Å². The van der Waals surface area contributed by atoms with Crippen LogP contribution in [0.5, 0.6) is 0 Å². The summed E-state index contributed by atoms with van der Waals surface area (Å²) in [7, 11) is 0. The van der Waals surface area contributed by atoms with Gasteiger partial charge in [0.1, 0.15) is 5.82 Å². The van der Waals surface area contributed by atoms with E-state index >= 15 is 0 Å². The van der Waals surface area contributed by atoms with Crippen molar-refractivity contribution in [3.63, 3.8) is 0 Å². The number of hydrogen-bond donors (Lipinski definition) is 0. The summed E-state index contributed by atoms with van der Waals surface area (Å²) in [4.78, 5) is 3.94. The lowest BCUT2D eigenvalue weighted by atomic mass is 10.2. The standard InChI is InChI=1S/C10H10FN/c1-2-7-12-8-9-5-3-4-6-10(9)11/h2-6,8H,1,7H2. The van der Waals surface area contributed by atoms with E-state index in [0.29, 0.717) is 12.1 Å². The molecule has 0 aliphatic heterocycles. The van der Waals surface area contributed by atoms with Gasteiger partial charge in [0.15, 0.2) is 0 Å². The van der Waals surface area contributed by atoms with E-state index in [0.717, 1.165) is 0 Å². The minimum absolute atomic E-state index is 0.245. The van der Waals surface area contributed by atoms with Crippen molar-refractivity contribution >= 4 is 6.21 Å². The van der Waals surface area contributed by atoms with Gasteiger partial charge in [-0.05, 0) is 6.07 Å². The van der Waals surface area contributed by atoms with Gasteiger partial charge >= 0.3 is 0 Å². The molecule has 1 nitrogen and oxygen atoms in total. The molecule has 0 aliphatic rings. The molecule has 0 radical (unpaired) electrons. The van der Waals surface area contributed by atoms with Crippen LogP contribution >= 0.6 is 0 Å². The topological polar surface area (TPSA) is 12.4 Å². The van der Waals surface area contributed by atoms with E-state index in [9.17, 15) is 4.39 Å². The maximum atomic E-state index is 12.9. The number of nitrogens with zero attached hydrogens (tertiary/aromatic N) is 1. The molecule has 62 valence electrons. The van der Waals surface area contributed by atoms with Crippen LogP contribution in [0.2, 0.25) is 0 Å². The molecule has 1 rings (SSSR count). The summed E-state index contributed by atoms with van der Waals surface area (Å²) in [5.74, 6) is -0.245. The van der Waals surface area contributed by atoms with E-state index in [1.807, 2.05) is 0 Å². The van der Waals surface area contributed by atoms with Crippen molar-refractivity contribution in [3.8, 4) is 0 Å². The summed E-state index contributed by atoms with van der Waals surface area (Å²) < 4.78 is 12.9. The van der Waals surface area contributed by atoms with Crippen LogP contribution in [0.25, 0.3) is 0 Å². The van der Waals surface area contributed by atoms with Crippen LogP contribution in [0.3, 0.4) is 0 Å². The molecule has 0 saturated carbocycles. The Kier molecular flexibility index (Phi) is 3.20. The molecule has 2 heteroatoms. The van der Waals surface area contributed by atoms with Gasteiger partial charge in [0.25, 0.3) is 0 Å². The molecular formula is C10H10FN. The minimum atomic E-state index is -0.245. The van der Waals surface area contributed by atoms with E-state index in [-0.39, 0.29) is 5.82 Å². The van der Waals surface area contributed by atoms with Gasteiger partial charge in [-0.1, -0.05) is 24.3 Å². The van der Waals surface area contributed by atoms with Gasteiger partial charge in [-0.3, -0.25) is 4.99 Å². The van der Waals surface area contributed by atoms with Gasteiger partial charge in [0, 0.05) is 11.8 Å². The van der Waals surface area contributed by atoms with Gasteiger partial charge < -0.3 is 0 Å². The quantitative estimate of drug-likeness (QED) is 0.479. The highest BCUT2D eigenvalue weighted by Gasteiger charge is 1.94. The maximum absolute atomic E-state index is 12.9. The highest BCUT2D eigenvalue weighted by Crippen LogP contribution is 2.02. The van der Waals surface area contributed by atoms with Gasteiger partial charge in [-0.15, -0.1) is 6.58 Å². The maximum Gasteiger partial charge on any atom is 0.131 e. The number of halogens is 1. The van der Waals surface area contributed by atoms with Gasteiger partial charge in [-0.2, -0.15) is 0 Å². The molecule has 0 bridgehead atoms. The molecule has 0 amide bonds. The summed E-state index contributed by atoms with van der Waals surface area (Å²) in [6.45, 7) is 4.03. The zero-order valence-corrected chi connectivity index (χ0v) is 6.70. The third kappa shape index (κ3) is 2.31. The van der Waals surface area contributed by atoms with Crippen molar-refractivity contribution in [2.75, 3.05) is 6.54 Å². The highest BCUT2D eigenvalue weighted by atomic mass is 19.1. The number of aliphatic imine (C=N–C) groups is 1. The molecule has 0 unspecified atom stereocenters. The number of rotatable bonds is 3. The largest absolute Gasteiger partial charge is 0.288 e. The molecule has 0 aromatic heterocycles. The summed E-state index contributed by atoms with van der Waals surface area (Å²) in [6.07, 6.45) is 3.17. The fraction of sp³-hybridized carbons (Fsp3) is 0.100. The summed E-state index contributed by atoms with van der Waals surface area (Å²) >= 11 is 0. The third-order valence-corrected chi connectivity index (χ3v) is 1.37. The zero-order valence-electron chi connectivity index (χ0n) is 6.70. The molecule has 12 heavy (non-hydrogen) atoms. The van der Waals surface area contributed by atoms with Crippen LogP contribution in [0, 0.1) is 5.82 Å². The Bertz CT molecular complexity index is 292. The summed E-state index contributed by atoms with van der Waals surface area (Å²) in [6, 6.07) is 6.52. The average molecular weight is 163 g/mol. The van der Waals surface area contributed by atoms with E-state index in [1.165, 1.54) is 12.3 Å². The van der Waals surface area contributed by atoms with Crippen LogP contribution in [0.1, 0.15) is 5.56 Å². The molecule has 0 saturated heterocycles. The Morgan fingerprint density at radius 3 is 2.83 bits per heavy atom. The molecule has 0 fully saturated rings. The SMILES string of the molecule is C=CCN=Cc1ccccc1F. The first kappa shape index (κ1) is 8.65. The van der Waals surface area contributed by atoms with Crippen LogP contribution in [-0.4, -0.2) is 12.8 Å².